The lowest BCUT2D eigenvalue weighted by Gasteiger charge is -2.25. The normalized spacial score (nSPS) is 15.1. The smallest absolute Gasteiger partial charge is 0.414 e. The number of imide groups is 1. The fourth-order valence-electron chi connectivity index (χ4n) is 1.86. The molecule has 8 heteroatoms. The first-order valence-corrected chi connectivity index (χ1v) is 6.73. The summed E-state index contributed by atoms with van der Waals surface area (Å²) >= 11 is 11.1. The number of rotatable bonds is 2. The molecule has 1 aliphatic heterocycles. The fraction of sp³-hybridized carbons (Fsp3) is 0.154. The van der Waals surface area contributed by atoms with Gasteiger partial charge in [-0.3, -0.25) is 4.79 Å². The van der Waals surface area contributed by atoms with Crippen LogP contribution < -0.4 is 5.32 Å². The second-order valence-corrected chi connectivity index (χ2v) is 5.06. The standard InChI is InChI=1S/C13H11ClN2O4S/c14-7-3-1-2-4-8(7)15-11(21)10-9(17)5-6-16(12(10)18)13(19)20/h1-4,17H,5-6H2,(H,15,21)(H,19,20). The van der Waals surface area contributed by atoms with Crippen molar-refractivity contribution >= 4 is 46.5 Å². The number of nitrogens with one attached hydrogen (secondary N) is 1. The molecule has 0 aromatic heterocycles. The Morgan fingerprint density at radius 1 is 1.38 bits per heavy atom. The highest BCUT2D eigenvalue weighted by Gasteiger charge is 2.33. The van der Waals surface area contributed by atoms with E-state index in [2.05, 4.69) is 5.32 Å². The van der Waals surface area contributed by atoms with Gasteiger partial charge < -0.3 is 15.5 Å². The molecule has 0 bridgehead atoms. The monoisotopic (exact) mass is 326 g/mol. The van der Waals surface area contributed by atoms with E-state index in [1.165, 1.54) is 0 Å². The highest BCUT2D eigenvalue weighted by Crippen LogP contribution is 2.24. The maximum Gasteiger partial charge on any atom is 0.414 e. The number of amides is 2. The van der Waals surface area contributed by atoms with Gasteiger partial charge in [0, 0.05) is 13.0 Å². The Morgan fingerprint density at radius 3 is 2.67 bits per heavy atom. The third kappa shape index (κ3) is 3.14. The number of nitrogens with zero attached hydrogens (tertiary/aromatic N) is 1. The van der Waals surface area contributed by atoms with Crippen molar-refractivity contribution in [3.63, 3.8) is 0 Å². The summed E-state index contributed by atoms with van der Waals surface area (Å²) < 4.78 is 0. The minimum atomic E-state index is -1.38. The lowest BCUT2D eigenvalue weighted by molar-refractivity contribution is -0.125. The van der Waals surface area contributed by atoms with Crippen LogP contribution in [0.15, 0.2) is 35.6 Å². The minimum Gasteiger partial charge on any atom is -0.511 e. The van der Waals surface area contributed by atoms with Crippen molar-refractivity contribution in [1.82, 2.24) is 4.90 Å². The molecule has 0 aliphatic carbocycles. The van der Waals surface area contributed by atoms with Crippen LogP contribution in [0.25, 0.3) is 0 Å². The summed E-state index contributed by atoms with van der Waals surface area (Å²) in [5.41, 5.74) is 0.239. The van der Waals surface area contributed by atoms with E-state index in [0.717, 1.165) is 0 Å². The van der Waals surface area contributed by atoms with Crippen LogP contribution in [0, 0.1) is 0 Å². The number of aliphatic hydroxyl groups is 1. The molecule has 0 saturated heterocycles. The Morgan fingerprint density at radius 2 is 2.05 bits per heavy atom. The van der Waals surface area contributed by atoms with Gasteiger partial charge in [-0.2, -0.15) is 0 Å². The van der Waals surface area contributed by atoms with Gasteiger partial charge in [0.2, 0.25) is 0 Å². The maximum atomic E-state index is 12.1. The SMILES string of the molecule is O=C(O)N1CCC(O)=C(C(=S)Nc2ccccc2Cl)C1=O. The molecule has 110 valence electrons. The van der Waals surface area contributed by atoms with Crippen molar-refractivity contribution in [3.8, 4) is 0 Å². The van der Waals surface area contributed by atoms with Gasteiger partial charge in [-0.05, 0) is 12.1 Å². The van der Waals surface area contributed by atoms with E-state index in [9.17, 15) is 14.7 Å². The highest BCUT2D eigenvalue weighted by atomic mass is 35.5. The molecule has 0 spiro atoms. The summed E-state index contributed by atoms with van der Waals surface area (Å²) in [6.07, 6.45) is -1.36. The molecule has 2 amide bonds. The minimum absolute atomic E-state index is 0.0255. The number of carbonyl (C=O) groups is 2. The van der Waals surface area contributed by atoms with Crippen molar-refractivity contribution in [3.05, 3.63) is 40.6 Å². The topological polar surface area (TPSA) is 89.9 Å². The first-order valence-electron chi connectivity index (χ1n) is 5.94. The van der Waals surface area contributed by atoms with Gasteiger partial charge in [-0.25, -0.2) is 9.69 Å². The predicted octanol–water partition coefficient (Wildman–Crippen LogP) is 2.80. The van der Waals surface area contributed by atoms with E-state index in [1.807, 2.05) is 0 Å². The lowest BCUT2D eigenvalue weighted by Crippen LogP contribution is -2.43. The van der Waals surface area contributed by atoms with Crippen LogP contribution in [0.5, 0.6) is 0 Å². The molecule has 6 nitrogen and oxygen atoms in total. The molecule has 0 saturated carbocycles. The number of carbonyl (C=O) groups excluding carboxylic acids is 1. The summed E-state index contributed by atoms with van der Waals surface area (Å²) in [5.74, 6) is -1.09. The van der Waals surface area contributed by atoms with Gasteiger partial charge in [-0.1, -0.05) is 36.0 Å². The molecule has 1 aromatic rings. The number of halogens is 1. The number of hydrogen-bond acceptors (Lipinski definition) is 4. The molecule has 1 heterocycles. The molecule has 0 unspecified atom stereocenters. The molecule has 0 atom stereocenters. The number of hydrogen-bond donors (Lipinski definition) is 3. The van der Waals surface area contributed by atoms with Crippen LogP contribution in [0.3, 0.4) is 0 Å². The van der Waals surface area contributed by atoms with Gasteiger partial charge in [0.25, 0.3) is 5.91 Å². The average molecular weight is 327 g/mol. The number of benzene rings is 1. The van der Waals surface area contributed by atoms with Crippen LogP contribution in [-0.4, -0.2) is 38.6 Å². The van der Waals surface area contributed by atoms with Crippen LogP contribution in [0.1, 0.15) is 6.42 Å². The number of aliphatic hydroxyl groups excluding tert-OH is 1. The zero-order valence-corrected chi connectivity index (χ0v) is 12.2. The molecular formula is C13H11ClN2O4S. The molecule has 0 radical (unpaired) electrons. The van der Waals surface area contributed by atoms with Gasteiger partial charge in [0.15, 0.2) is 0 Å². The van der Waals surface area contributed by atoms with E-state index >= 15 is 0 Å². The quantitative estimate of drug-likeness (QED) is 0.724. The van der Waals surface area contributed by atoms with Crippen LogP contribution >= 0.6 is 23.8 Å². The van der Waals surface area contributed by atoms with Crippen molar-refractivity contribution in [2.75, 3.05) is 11.9 Å². The Bertz CT molecular complexity index is 659. The third-order valence-electron chi connectivity index (χ3n) is 2.90. The summed E-state index contributed by atoms with van der Waals surface area (Å²) in [7, 11) is 0. The van der Waals surface area contributed by atoms with Gasteiger partial charge >= 0.3 is 6.09 Å². The van der Waals surface area contributed by atoms with Crippen molar-refractivity contribution < 1.29 is 19.8 Å². The Hall–Kier alpha value is -2.12. The van der Waals surface area contributed by atoms with Crippen molar-refractivity contribution in [2.24, 2.45) is 0 Å². The maximum absolute atomic E-state index is 12.1. The van der Waals surface area contributed by atoms with Gasteiger partial charge in [-0.15, -0.1) is 0 Å². The zero-order valence-electron chi connectivity index (χ0n) is 10.7. The third-order valence-corrected chi connectivity index (χ3v) is 3.54. The highest BCUT2D eigenvalue weighted by molar-refractivity contribution is 7.81. The first-order chi connectivity index (χ1) is 9.91. The second-order valence-electron chi connectivity index (χ2n) is 4.25. The fourth-order valence-corrected chi connectivity index (χ4v) is 2.36. The Labute approximate surface area is 130 Å². The molecule has 3 N–H and O–H groups in total. The van der Waals surface area contributed by atoms with Crippen molar-refractivity contribution in [1.29, 1.82) is 0 Å². The van der Waals surface area contributed by atoms with Gasteiger partial charge in [0.05, 0.1) is 10.7 Å². The number of anilines is 1. The predicted molar refractivity (Wildman–Crippen MR) is 81.7 cm³/mol. The molecule has 0 fully saturated rings. The van der Waals surface area contributed by atoms with Crippen LogP contribution in [0.4, 0.5) is 10.5 Å². The van der Waals surface area contributed by atoms with E-state index in [-0.39, 0.29) is 29.3 Å². The summed E-state index contributed by atoms with van der Waals surface area (Å²) in [5, 5.41) is 21.9. The number of para-hydroxylation sites is 1. The average Bonchev–Trinajstić information content (AvgIpc) is 2.41. The van der Waals surface area contributed by atoms with E-state index in [4.69, 9.17) is 28.9 Å². The largest absolute Gasteiger partial charge is 0.511 e. The number of thiocarbonyl (C=S) groups is 1. The summed E-state index contributed by atoms with van der Waals surface area (Å²) in [6, 6.07) is 6.73. The van der Waals surface area contributed by atoms with E-state index in [1.54, 1.807) is 24.3 Å². The molecule has 2 rings (SSSR count). The molecule has 1 aliphatic rings. The van der Waals surface area contributed by atoms with Crippen LogP contribution in [-0.2, 0) is 4.79 Å². The molecular weight excluding hydrogens is 316 g/mol. The summed E-state index contributed by atoms with van der Waals surface area (Å²) in [4.78, 5) is 23.6. The van der Waals surface area contributed by atoms with E-state index < -0.39 is 12.0 Å². The van der Waals surface area contributed by atoms with Gasteiger partial charge in [0.1, 0.15) is 16.3 Å². The second kappa shape index (κ2) is 6.11. The van der Waals surface area contributed by atoms with Crippen molar-refractivity contribution in [2.45, 2.75) is 6.42 Å². The van der Waals surface area contributed by atoms with E-state index in [0.29, 0.717) is 15.6 Å². The van der Waals surface area contributed by atoms with Crippen LogP contribution in [0.2, 0.25) is 5.02 Å². The Balaban J connectivity index is 2.27. The lowest BCUT2D eigenvalue weighted by atomic mass is 10.1. The molecule has 1 aromatic carbocycles. The summed E-state index contributed by atoms with van der Waals surface area (Å²) in [6.45, 7) is -0.0990. The zero-order chi connectivity index (χ0) is 15.6. The number of carboxylic acid groups (broad SMARTS) is 1. The first kappa shape index (κ1) is 15.3. The molecule has 21 heavy (non-hydrogen) atoms. The Kier molecular flexibility index (Phi) is 4.44.